The summed E-state index contributed by atoms with van der Waals surface area (Å²) in [7, 11) is 0. The smallest absolute Gasteiger partial charge is 0.272 e. The minimum absolute atomic E-state index is 0.0869. The van der Waals surface area contributed by atoms with E-state index >= 15 is 0 Å². The first-order valence-electron chi connectivity index (χ1n) is 9.56. The first-order chi connectivity index (χ1) is 12.9. The molecule has 7 heteroatoms. The Morgan fingerprint density at radius 2 is 2.00 bits per heavy atom. The van der Waals surface area contributed by atoms with E-state index in [0.29, 0.717) is 29.9 Å². The van der Waals surface area contributed by atoms with E-state index in [2.05, 4.69) is 29.0 Å². The summed E-state index contributed by atoms with van der Waals surface area (Å²) in [5, 5.41) is 2.98. The van der Waals surface area contributed by atoms with Crippen LogP contribution in [0.2, 0.25) is 0 Å². The molecule has 0 radical (unpaired) electrons. The van der Waals surface area contributed by atoms with Gasteiger partial charge in [0.05, 0.1) is 23.2 Å². The number of nitrogens with zero attached hydrogens (tertiary/aromatic N) is 3. The van der Waals surface area contributed by atoms with Gasteiger partial charge in [-0.25, -0.2) is 4.98 Å². The second kappa shape index (κ2) is 8.19. The fraction of sp³-hybridized carbons (Fsp3) is 0.550. The van der Waals surface area contributed by atoms with Crippen molar-refractivity contribution < 1.29 is 9.53 Å². The number of ether oxygens (including phenoxy) is 1. The number of nitrogens with one attached hydrogen (secondary N) is 1. The third-order valence-electron chi connectivity index (χ3n) is 4.90. The van der Waals surface area contributed by atoms with Gasteiger partial charge in [0.1, 0.15) is 5.69 Å². The average Bonchev–Trinajstić information content (AvgIpc) is 2.61. The highest BCUT2D eigenvalue weighted by Gasteiger charge is 2.21. The van der Waals surface area contributed by atoms with Crippen LogP contribution in [0.3, 0.4) is 0 Å². The topological polar surface area (TPSA) is 76.5 Å². The van der Waals surface area contributed by atoms with Crippen molar-refractivity contribution in [1.29, 1.82) is 0 Å². The Hall–Kier alpha value is -2.25. The number of carbonyl (C=O) groups is 1. The highest BCUT2D eigenvalue weighted by molar-refractivity contribution is 5.97. The largest absolute Gasteiger partial charge is 0.373 e. The molecule has 1 aromatic heterocycles. The fourth-order valence-electron chi connectivity index (χ4n) is 3.73. The minimum Gasteiger partial charge on any atom is -0.373 e. The summed E-state index contributed by atoms with van der Waals surface area (Å²) in [5.41, 5.74) is 2.33. The second-order valence-electron chi connectivity index (χ2n) is 7.22. The summed E-state index contributed by atoms with van der Waals surface area (Å²) in [5.74, 6) is -0.125. The van der Waals surface area contributed by atoms with E-state index in [0.717, 1.165) is 25.2 Å². The van der Waals surface area contributed by atoms with Crippen LogP contribution in [0.15, 0.2) is 23.0 Å². The van der Waals surface area contributed by atoms with Gasteiger partial charge in [0.25, 0.3) is 11.5 Å². The van der Waals surface area contributed by atoms with Crippen molar-refractivity contribution in [3.8, 4) is 0 Å². The third-order valence-corrected chi connectivity index (χ3v) is 4.90. The lowest BCUT2D eigenvalue weighted by molar-refractivity contribution is -0.0672. The van der Waals surface area contributed by atoms with Crippen LogP contribution < -0.4 is 10.9 Å². The van der Waals surface area contributed by atoms with Crippen molar-refractivity contribution in [2.75, 3.05) is 26.2 Å². The number of benzene rings is 1. The maximum Gasteiger partial charge on any atom is 0.272 e. The lowest BCUT2D eigenvalue weighted by Gasteiger charge is -2.35. The quantitative estimate of drug-likeness (QED) is 0.862. The van der Waals surface area contributed by atoms with Crippen molar-refractivity contribution in [1.82, 2.24) is 19.8 Å². The Morgan fingerprint density at radius 3 is 2.67 bits per heavy atom. The van der Waals surface area contributed by atoms with E-state index in [1.54, 1.807) is 29.7 Å². The molecule has 1 saturated heterocycles. The molecule has 1 aromatic carbocycles. The monoisotopic (exact) mass is 372 g/mol. The number of hydrogen-bond acceptors (Lipinski definition) is 5. The zero-order valence-corrected chi connectivity index (χ0v) is 16.5. The summed E-state index contributed by atoms with van der Waals surface area (Å²) in [6, 6.07) is 5.30. The number of carbonyl (C=O) groups excluding carboxylic acids is 1. The van der Waals surface area contributed by atoms with E-state index in [1.807, 2.05) is 6.92 Å². The Bertz CT molecular complexity index is 883. The number of hydrogen-bond donors (Lipinski definition) is 1. The first kappa shape index (κ1) is 19.5. The summed E-state index contributed by atoms with van der Waals surface area (Å²) in [6.07, 6.45) is 0.436. The standard InChI is InChI=1S/C20H28N4O3/c1-5-24-18-7-6-16(10-17(18)22-15(4)20(24)26)19(25)21-8-9-23-11-13(2)27-14(3)12-23/h6-7,10,13-14H,5,8-9,11-12H2,1-4H3,(H,21,25). The van der Waals surface area contributed by atoms with E-state index in [9.17, 15) is 9.59 Å². The van der Waals surface area contributed by atoms with Gasteiger partial charge in [0, 0.05) is 38.3 Å². The van der Waals surface area contributed by atoms with Gasteiger partial charge in [-0.05, 0) is 45.9 Å². The number of fused-ring (bicyclic) bond motifs is 1. The third kappa shape index (κ3) is 4.36. The Balaban J connectivity index is 1.67. The molecule has 1 N–H and O–H groups in total. The van der Waals surface area contributed by atoms with Gasteiger partial charge in [-0.15, -0.1) is 0 Å². The fourth-order valence-corrected chi connectivity index (χ4v) is 3.73. The molecule has 3 rings (SSSR count). The molecule has 7 nitrogen and oxygen atoms in total. The molecule has 0 spiro atoms. The molecule has 0 bridgehead atoms. The molecule has 0 aliphatic carbocycles. The van der Waals surface area contributed by atoms with Gasteiger partial charge in [-0.3, -0.25) is 14.5 Å². The molecule has 27 heavy (non-hydrogen) atoms. The van der Waals surface area contributed by atoms with Crippen LogP contribution in [0.4, 0.5) is 0 Å². The lowest BCUT2D eigenvalue weighted by Crippen LogP contribution is -2.47. The van der Waals surface area contributed by atoms with Crippen LogP contribution >= 0.6 is 0 Å². The van der Waals surface area contributed by atoms with Crippen LogP contribution in [0.25, 0.3) is 11.0 Å². The molecule has 0 saturated carbocycles. The molecule has 2 heterocycles. The average molecular weight is 372 g/mol. The van der Waals surface area contributed by atoms with Crippen LogP contribution in [-0.4, -0.2) is 58.7 Å². The first-order valence-corrected chi connectivity index (χ1v) is 9.56. The minimum atomic E-state index is -0.125. The molecule has 146 valence electrons. The predicted molar refractivity (Wildman–Crippen MR) is 105 cm³/mol. The van der Waals surface area contributed by atoms with Crippen LogP contribution in [0.1, 0.15) is 36.8 Å². The van der Waals surface area contributed by atoms with Gasteiger partial charge in [-0.2, -0.15) is 0 Å². The van der Waals surface area contributed by atoms with Crippen LogP contribution in [0, 0.1) is 6.92 Å². The molecule has 1 aliphatic heterocycles. The van der Waals surface area contributed by atoms with E-state index in [1.165, 1.54) is 0 Å². The summed E-state index contributed by atoms with van der Waals surface area (Å²) < 4.78 is 7.41. The second-order valence-corrected chi connectivity index (χ2v) is 7.22. The zero-order valence-electron chi connectivity index (χ0n) is 16.5. The van der Waals surface area contributed by atoms with Crippen molar-refractivity contribution in [3.63, 3.8) is 0 Å². The molecule has 1 amide bonds. The number of aryl methyl sites for hydroxylation is 2. The molecule has 1 fully saturated rings. The molecular weight excluding hydrogens is 344 g/mol. The van der Waals surface area contributed by atoms with Gasteiger partial charge < -0.3 is 14.6 Å². The predicted octanol–water partition coefficient (Wildman–Crippen LogP) is 1.56. The molecule has 1 aliphatic rings. The van der Waals surface area contributed by atoms with Crippen LogP contribution in [0.5, 0.6) is 0 Å². The van der Waals surface area contributed by atoms with E-state index in [-0.39, 0.29) is 23.7 Å². The Morgan fingerprint density at radius 1 is 1.30 bits per heavy atom. The Kier molecular flexibility index (Phi) is 5.92. The van der Waals surface area contributed by atoms with Gasteiger partial charge in [-0.1, -0.05) is 0 Å². The maximum absolute atomic E-state index is 12.5. The summed E-state index contributed by atoms with van der Waals surface area (Å²) >= 11 is 0. The highest BCUT2D eigenvalue weighted by atomic mass is 16.5. The lowest BCUT2D eigenvalue weighted by atomic mass is 10.1. The highest BCUT2D eigenvalue weighted by Crippen LogP contribution is 2.14. The number of rotatable bonds is 5. The van der Waals surface area contributed by atoms with E-state index in [4.69, 9.17) is 4.74 Å². The number of aromatic nitrogens is 2. The zero-order chi connectivity index (χ0) is 19.6. The SMILES string of the molecule is CCn1c(=O)c(C)nc2cc(C(=O)NCCN3CC(C)OC(C)C3)ccc21. The number of morpholine rings is 1. The van der Waals surface area contributed by atoms with Crippen LogP contribution in [-0.2, 0) is 11.3 Å². The number of amides is 1. The van der Waals surface area contributed by atoms with Gasteiger partial charge in [0.2, 0.25) is 0 Å². The van der Waals surface area contributed by atoms with Crippen molar-refractivity contribution >= 4 is 16.9 Å². The normalized spacial score (nSPS) is 20.7. The molecular formula is C20H28N4O3. The van der Waals surface area contributed by atoms with E-state index < -0.39 is 0 Å². The van der Waals surface area contributed by atoms with Crippen molar-refractivity contribution in [2.45, 2.75) is 46.4 Å². The summed E-state index contributed by atoms with van der Waals surface area (Å²) in [6.45, 7) is 11.5. The molecule has 2 atom stereocenters. The van der Waals surface area contributed by atoms with Crippen molar-refractivity contribution in [2.24, 2.45) is 0 Å². The molecule has 2 aromatic rings. The molecule has 2 unspecified atom stereocenters. The van der Waals surface area contributed by atoms with Crippen molar-refractivity contribution in [3.05, 3.63) is 39.8 Å². The summed E-state index contributed by atoms with van der Waals surface area (Å²) in [4.78, 5) is 31.4. The maximum atomic E-state index is 12.5. The van der Waals surface area contributed by atoms with Gasteiger partial charge in [0.15, 0.2) is 0 Å². The Labute approximate surface area is 159 Å². The van der Waals surface area contributed by atoms with Gasteiger partial charge >= 0.3 is 0 Å².